The zero-order chi connectivity index (χ0) is 17.9. The molecule has 6 nitrogen and oxygen atoms in total. The molecule has 2 aliphatic rings. The van der Waals surface area contributed by atoms with Crippen LogP contribution in [0.5, 0.6) is 5.75 Å². The van der Waals surface area contributed by atoms with Crippen LogP contribution in [0.15, 0.2) is 42.6 Å². The number of morpholine rings is 1. The van der Waals surface area contributed by atoms with Crippen LogP contribution in [0.4, 0.5) is 5.69 Å². The highest BCUT2D eigenvalue weighted by Gasteiger charge is 2.27. The Balaban J connectivity index is 1.50. The molecule has 6 heteroatoms. The van der Waals surface area contributed by atoms with E-state index >= 15 is 0 Å². The van der Waals surface area contributed by atoms with E-state index in [4.69, 9.17) is 4.74 Å². The summed E-state index contributed by atoms with van der Waals surface area (Å²) in [5, 5.41) is 9.68. The SMILES string of the molecule is O=C(c1cc(N2CCCC2)ccn1)N1CCOC(c2cccc(O)c2)C1. The molecule has 136 valence electrons. The normalized spacial score (nSPS) is 20.4. The molecule has 0 bridgehead atoms. The first kappa shape index (κ1) is 16.8. The number of phenolic OH excluding ortho intramolecular Hbond substituents is 1. The molecule has 1 amide bonds. The Labute approximate surface area is 153 Å². The largest absolute Gasteiger partial charge is 0.508 e. The van der Waals surface area contributed by atoms with Crippen molar-refractivity contribution in [2.75, 3.05) is 37.7 Å². The van der Waals surface area contributed by atoms with E-state index in [9.17, 15) is 9.90 Å². The van der Waals surface area contributed by atoms with Gasteiger partial charge in [-0.05, 0) is 42.7 Å². The fourth-order valence-corrected chi connectivity index (χ4v) is 3.63. The number of anilines is 1. The number of hydrogen-bond acceptors (Lipinski definition) is 5. The van der Waals surface area contributed by atoms with Gasteiger partial charge in [0, 0.05) is 31.5 Å². The van der Waals surface area contributed by atoms with Crippen LogP contribution >= 0.6 is 0 Å². The van der Waals surface area contributed by atoms with Gasteiger partial charge in [0.25, 0.3) is 5.91 Å². The summed E-state index contributed by atoms with van der Waals surface area (Å²) >= 11 is 0. The summed E-state index contributed by atoms with van der Waals surface area (Å²) in [5.74, 6) is 0.133. The van der Waals surface area contributed by atoms with Gasteiger partial charge in [0.1, 0.15) is 17.5 Å². The first-order valence-electron chi connectivity index (χ1n) is 9.11. The molecule has 26 heavy (non-hydrogen) atoms. The maximum absolute atomic E-state index is 13.0. The number of aromatic hydroxyl groups is 1. The summed E-state index contributed by atoms with van der Waals surface area (Å²) in [6.07, 6.45) is 3.87. The molecular formula is C20H23N3O3. The molecule has 1 atom stereocenters. The van der Waals surface area contributed by atoms with Crippen molar-refractivity contribution < 1.29 is 14.6 Å². The number of rotatable bonds is 3. The highest BCUT2D eigenvalue weighted by Crippen LogP contribution is 2.26. The standard InChI is InChI=1S/C20H23N3O3/c24-17-5-3-4-15(12-17)19-14-23(10-11-26-19)20(25)18-13-16(6-7-21-18)22-8-1-2-9-22/h3-7,12-13,19,24H,1-2,8-11,14H2. The lowest BCUT2D eigenvalue weighted by atomic mass is 10.1. The lowest BCUT2D eigenvalue weighted by Gasteiger charge is -2.33. The summed E-state index contributed by atoms with van der Waals surface area (Å²) in [6, 6.07) is 10.9. The second-order valence-corrected chi connectivity index (χ2v) is 6.80. The second kappa shape index (κ2) is 7.33. The number of ether oxygens (including phenoxy) is 1. The second-order valence-electron chi connectivity index (χ2n) is 6.80. The van der Waals surface area contributed by atoms with Gasteiger partial charge < -0.3 is 19.6 Å². The van der Waals surface area contributed by atoms with E-state index in [0.717, 1.165) is 24.3 Å². The van der Waals surface area contributed by atoms with E-state index in [1.807, 2.05) is 18.2 Å². The van der Waals surface area contributed by atoms with Gasteiger partial charge in [-0.1, -0.05) is 12.1 Å². The third-order valence-electron chi connectivity index (χ3n) is 5.03. The molecule has 0 aliphatic carbocycles. The minimum atomic E-state index is -0.235. The molecule has 0 spiro atoms. The lowest BCUT2D eigenvalue weighted by Crippen LogP contribution is -2.42. The molecule has 2 aromatic rings. The number of pyridine rings is 1. The molecular weight excluding hydrogens is 330 g/mol. The summed E-state index contributed by atoms with van der Waals surface area (Å²) in [6.45, 7) is 3.54. The summed E-state index contributed by atoms with van der Waals surface area (Å²) < 4.78 is 5.81. The van der Waals surface area contributed by atoms with Crippen molar-refractivity contribution in [1.29, 1.82) is 0 Å². The van der Waals surface area contributed by atoms with Crippen molar-refractivity contribution in [2.24, 2.45) is 0 Å². The van der Waals surface area contributed by atoms with Gasteiger partial charge >= 0.3 is 0 Å². The molecule has 1 unspecified atom stereocenters. The fourth-order valence-electron chi connectivity index (χ4n) is 3.63. The Kier molecular flexibility index (Phi) is 4.75. The maximum atomic E-state index is 13.0. The van der Waals surface area contributed by atoms with Gasteiger partial charge in [-0.15, -0.1) is 0 Å². The van der Waals surface area contributed by atoms with E-state index in [2.05, 4.69) is 9.88 Å². The minimum Gasteiger partial charge on any atom is -0.508 e. The van der Waals surface area contributed by atoms with Crippen molar-refractivity contribution in [1.82, 2.24) is 9.88 Å². The van der Waals surface area contributed by atoms with Crippen LogP contribution in [0.2, 0.25) is 0 Å². The van der Waals surface area contributed by atoms with Crippen LogP contribution in [0.3, 0.4) is 0 Å². The van der Waals surface area contributed by atoms with Gasteiger partial charge in [-0.2, -0.15) is 0 Å². The molecule has 2 aliphatic heterocycles. The first-order chi connectivity index (χ1) is 12.7. The Morgan fingerprint density at radius 2 is 2.00 bits per heavy atom. The van der Waals surface area contributed by atoms with Crippen molar-refractivity contribution in [2.45, 2.75) is 18.9 Å². The molecule has 1 aromatic heterocycles. The monoisotopic (exact) mass is 353 g/mol. The average molecular weight is 353 g/mol. The number of carbonyl (C=O) groups excluding carboxylic acids is 1. The zero-order valence-corrected chi connectivity index (χ0v) is 14.7. The zero-order valence-electron chi connectivity index (χ0n) is 14.7. The van der Waals surface area contributed by atoms with Crippen LogP contribution in [0.1, 0.15) is 35.0 Å². The quantitative estimate of drug-likeness (QED) is 0.919. The third-order valence-corrected chi connectivity index (χ3v) is 5.03. The molecule has 1 N–H and O–H groups in total. The molecule has 0 saturated carbocycles. The van der Waals surface area contributed by atoms with E-state index in [1.54, 1.807) is 29.3 Å². The number of phenols is 1. The molecule has 1 aromatic carbocycles. The van der Waals surface area contributed by atoms with Crippen LogP contribution in [-0.2, 0) is 4.74 Å². The number of aromatic nitrogens is 1. The Morgan fingerprint density at radius 1 is 1.15 bits per heavy atom. The smallest absolute Gasteiger partial charge is 0.272 e. The molecule has 2 fully saturated rings. The lowest BCUT2D eigenvalue weighted by molar-refractivity contribution is -0.0230. The fraction of sp³-hybridized carbons (Fsp3) is 0.400. The van der Waals surface area contributed by atoms with Crippen LogP contribution in [0, 0.1) is 0 Å². The van der Waals surface area contributed by atoms with E-state index in [1.165, 1.54) is 12.8 Å². The van der Waals surface area contributed by atoms with Crippen molar-refractivity contribution in [3.05, 3.63) is 53.9 Å². The highest BCUT2D eigenvalue weighted by molar-refractivity contribution is 5.93. The summed E-state index contributed by atoms with van der Waals surface area (Å²) in [5.41, 5.74) is 2.42. The molecule has 4 rings (SSSR count). The predicted molar refractivity (Wildman–Crippen MR) is 98.4 cm³/mol. The Bertz CT molecular complexity index is 789. The molecule has 0 radical (unpaired) electrons. The van der Waals surface area contributed by atoms with Crippen molar-refractivity contribution >= 4 is 11.6 Å². The summed E-state index contributed by atoms with van der Waals surface area (Å²) in [7, 11) is 0. The van der Waals surface area contributed by atoms with Gasteiger partial charge in [0.15, 0.2) is 0 Å². The minimum absolute atomic E-state index is 0.0699. The molecule has 3 heterocycles. The van der Waals surface area contributed by atoms with Crippen molar-refractivity contribution in [3.63, 3.8) is 0 Å². The van der Waals surface area contributed by atoms with Gasteiger partial charge in [0.2, 0.25) is 0 Å². The predicted octanol–water partition coefficient (Wildman–Crippen LogP) is 2.60. The number of hydrogen-bond donors (Lipinski definition) is 1. The number of nitrogens with zero attached hydrogens (tertiary/aromatic N) is 3. The van der Waals surface area contributed by atoms with Crippen LogP contribution in [-0.4, -0.2) is 53.7 Å². The van der Waals surface area contributed by atoms with Crippen LogP contribution in [0.25, 0.3) is 0 Å². The first-order valence-corrected chi connectivity index (χ1v) is 9.11. The average Bonchev–Trinajstić information content (AvgIpc) is 3.22. The van der Waals surface area contributed by atoms with Gasteiger partial charge in [-0.3, -0.25) is 9.78 Å². The number of benzene rings is 1. The van der Waals surface area contributed by atoms with E-state index in [-0.39, 0.29) is 17.8 Å². The van der Waals surface area contributed by atoms with Crippen LogP contribution < -0.4 is 4.90 Å². The van der Waals surface area contributed by atoms with Gasteiger partial charge in [0.05, 0.1) is 13.2 Å². The third kappa shape index (κ3) is 3.51. The van der Waals surface area contributed by atoms with E-state index in [0.29, 0.717) is 25.4 Å². The topological polar surface area (TPSA) is 65.9 Å². The Morgan fingerprint density at radius 3 is 2.81 bits per heavy atom. The molecule has 2 saturated heterocycles. The highest BCUT2D eigenvalue weighted by atomic mass is 16.5. The number of amides is 1. The van der Waals surface area contributed by atoms with Gasteiger partial charge in [-0.25, -0.2) is 0 Å². The number of carbonyl (C=O) groups is 1. The Hall–Kier alpha value is -2.60. The summed E-state index contributed by atoms with van der Waals surface area (Å²) in [4.78, 5) is 21.3. The van der Waals surface area contributed by atoms with Crippen molar-refractivity contribution in [3.8, 4) is 5.75 Å². The van der Waals surface area contributed by atoms with E-state index < -0.39 is 0 Å². The maximum Gasteiger partial charge on any atom is 0.272 e.